The van der Waals surface area contributed by atoms with Gasteiger partial charge in [0.25, 0.3) is 0 Å². The summed E-state index contributed by atoms with van der Waals surface area (Å²) < 4.78 is 40.3. The molecule has 1 rings (SSSR count). The Hall–Kier alpha value is -1.74. The van der Waals surface area contributed by atoms with Gasteiger partial charge in [0.05, 0.1) is 12.0 Å². The van der Waals surface area contributed by atoms with Crippen molar-refractivity contribution in [1.29, 1.82) is 5.26 Å². The minimum atomic E-state index is -4.70. The molecular formula is C12H13F3N2O. The third-order valence-corrected chi connectivity index (χ3v) is 2.18. The summed E-state index contributed by atoms with van der Waals surface area (Å²) in [5.41, 5.74) is 0.403. The average Bonchev–Trinajstić information content (AvgIpc) is 2.29. The highest BCUT2D eigenvalue weighted by Gasteiger charge is 2.31. The molecule has 0 saturated carbocycles. The van der Waals surface area contributed by atoms with Crippen LogP contribution in [0.5, 0.6) is 5.75 Å². The van der Waals surface area contributed by atoms with E-state index in [2.05, 4.69) is 10.1 Å². The van der Waals surface area contributed by atoms with Gasteiger partial charge < -0.3 is 10.1 Å². The van der Waals surface area contributed by atoms with Gasteiger partial charge in [-0.3, -0.25) is 0 Å². The molecule has 0 aliphatic rings. The van der Waals surface area contributed by atoms with Crippen LogP contribution in [0.1, 0.15) is 12.5 Å². The van der Waals surface area contributed by atoms with Crippen LogP contribution < -0.4 is 10.1 Å². The zero-order valence-electron chi connectivity index (χ0n) is 9.79. The van der Waals surface area contributed by atoms with Crippen molar-refractivity contribution in [3.8, 4) is 11.8 Å². The normalized spacial score (nSPS) is 12.8. The molecule has 0 aliphatic carbocycles. The van der Waals surface area contributed by atoms with Crippen molar-refractivity contribution in [2.45, 2.75) is 19.8 Å². The van der Waals surface area contributed by atoms with Crippen LogP contribution in [-0.2, 0) is 6.54 Å². The first-order chi connectivity index (χ1) is 8.42. The van der Waals surface area contributed by atoms with Gasteiger partial charge in [0, 0.05) is 18.7 Å². The molecule has 1 atom stereocenters. The number of nitrogens with one attached hydrogen (secondary N) is 1. The first kappa shape index (κ1) is 14.3. The zero-order valence-corrected chi connectivity index (χ0v) is 9.79. The van der Waals surface area contributed by atoms with Crippen molar-refractivity contribution < 1.29 is 17.9 Å². The highest BCUT2D eigenvalue weighted by atomic mass is 19.4. The number of hydrogen-bond acceptors (Lipinski definition) is 3. The Morgan fingerprint density at radius 1 is 1.39 bits per heavy atom. The fourth-order valence-corrected chi connectivity index (χ4v) is 1.34. The highest BCUT2D eigenvalue weighted by molar-refractivity contribution is 5.33. The van der Waals surface area contributed by atoms with Crippen molar-refractivity contribution in [3.63, 3.8) is 0 Å². The van der Waals surface area contributed by atoms with E-state index in [1.54, 1.807) is 19.1 Å². The van der Waals surface area contributed by atoms with Gasteiger partial charge in [-0.1, -0.05) is 18.2 Å². The van der Waals surface area contributed by atoms with Gasteiger partial charge in [-0.15, -0.1) is 13.2 Å². The lowest BCUT2D eigenvalue weighted by Crippen LogP contribution is -2.22. The summed E-state index contributed by atoms with van der Waals surface area (Å²) in [6.45, 7) is 2.36. The van der Waals surface area contributed by atoms with E-state index in [0.717, 1.165) is 0 Å². The Morgan fingerprint density at radius 3 is 2.67 bits per heavy atom. The van der Waals surface area contributed by atoms with E-state index in [-0.39, 0.29) is 18.2 Å². The van der Waals surface area contributed by atoms with Crippen molar-refractivity contribution in [2.24, 2.45) is 5.92 Å². The summed E-state index contributed by atoms with van der Waals surface area (Å²) >= 11 is 0. The molecule has 1 N–H and O–H groups in total. The van der Waals surface area contributed by atoms with Crippen LogP contribution in [0.2, 0.25) is 0 Å². The molecule has 0 aliphatic heterocycles. The van der Waals surface area contributed by atoms with E-state index in [1.807, 2.05) is 6.07 Å². The number of para-hydroxylation sites is 1. The first-order valence-electron chi connectivity index (χ1n) is 5.36. The molecular weight excluding hydrogens is 245 g/mol. The fourth-order valence-electron chi connectivity index (χ4n) is 1.34. The van der Waals surface area contributed by atoms with E-state index in [4.69, 9.17) is 5.26 Å². The number of ether oxygens (including phenoxy) is 1. The smallest absolute Gasteiger partial charge is 0.405 e. The predicted octanol–water partition coefficient (Wildman–Crippen LogP) is 2.83. The van der Waals surface area contributed by atoms with Crippen LogP contribution in [0.4, 0.5) is 13.2 Å². The Kier molecular flexibility index (Phi) is 4.98. The third kappa shape index (κ3) is 5.06. The maximum Gasteiger partial charge on any atom is 0.573 e. The Bertz CT molecular complexity index is 426. The quantitative estimate of drug-likeness (QED) is 0.883. The number of nitrogens with zero attached hydrogens (tertiary/aromatic N) is 1. The molecule has 1 unspecified atom stereocenters. The molecule has 6 heteroatoms. The molecule has 1 aromatic rings. The van der Waals surface area contributed by atoms with Gasteiger partial charge in [0.1, 0.15) is 5.75 Å². The standard InChI is InChI=1S/C12H13F3N2O/c1-9(6-16)7-17-8-10-4-2-3-5-11(10)18-12(13,14)15/h2-5,9,17H,7-8H2,1H3. The van der Waals surface area contributed by atoms with E-state index in [1.165, 1.54) is 12.1 Å². The van der Waals surface area contributed by atoms with Gasteiger partial charge in [-0.2, -0.15) is 5.26 Å². The Labute approximate surface area is 103 Å². The van der Waals surface area contributed by atoms with Gasteiger partial charge in [-0.05, 0) is 13.0 Å². The molecule has 0 aromatic heterocycles. The SMILES string of the molecule is CC(C#N)CNCc1ccccc1OC(F)(F)F. The monoisotopic (exact) mass is 258 g/mol. The summed E-state index contributed by atoms with van der Waals surface area (Å²) in [7, 11) is 0. The Balaban J connectivity index is 2.63. The van der Waals surface area contributed by atoms with E-state index >= 15 is 0 Å². The number of benzene rings is 1. The number of halogens is 3. The Morgan fingerprint density at radius 2 is 2.06 bits per heavy atom. The van der Waals surface area contributed by atoms with Crippen molar-refractivity contribution >= 4 is 0 Å². The van der Waals surface area contributed by atoms with Gasteiger partial charge in [0.15, 0.2) is 0 Å². The second-order valence-electron chi connectivity index (χ2n) is 3.82. The van der Waals surface area contributed by atoms with Crippen LogP contribution in [0.3, 0.4) is 0 Å². The maximum absolute atomic E-state index is 12.1. The lowest BCUT2D eigenvalue weighted by Gasteiger charge is -2.13. The number of hydrogen-bond donors (Lipinski definition) is 1. The van der Waals surface area contributed by atoms with Gasteiger partial charge >= 0.3 is 6.36 Å². The summed E-state index contributed by atoms with van der Waals surface area (Å²) in [5.74, 6) is -0.414. The zero-order chi connectivity index (χ0) is 13.6. The lowest BCUT2D eigenvalue weighted by molar-refractivity contribution is -0.274. The second-order valence-corrected chi connectivity index (χ2v) is 3.82. The van der Waals surface area contributed by atoms with Gasteiger partial charge in [0.2, 0.25) is 0 Å². The molecule has 0 amide bonds. The van der Waals surface area contributed by atoms with Crippen molar-refractivity contribution in [1.82, 2.24) is 5.32 Å². The summed E-state index contributed by atoms with van der Waals surface area (Å²) in [6.07, 6.45) is -4.70. The molecule has 0 spiro atoms. The summed E-state index contributed by atoms with van der Waals surface area (Å²) in [6, 6.07) is 7.95. The number of rotatable bonds is 5. The minimum Gasteiger partial charge on any atom is -0.405 e. The van der Waals surface area contributed by atoms with Crippen LogP contribution >= 0.6 is 0 Å². The molecule has 98 valence electrons. The maximum atomic E-state index is 12.1. The number of nitriles is 1. The summed E-state index contributed by atoms with van der Waals surface area (Å²) in [5, 5.41) is 11.5. The molecule has 3 nitrogen and oxygen atoms in total. The van der Waals surface area contributed by atoms with Crippen LogP contribution in [0, 0.1) is 17.2 Å². The molecule has 18 heavy (non-hydrogen) atoms. The largest absolute Gasteiger partial charge is 0.573 e. The molecule has 0 bridgehead atoms. The van der Waals surface area contributed by atoms with Crippen molar-refractivity contribution in [3.05, 3.63) is 29.8 Å². The van der Waals surface area contributed by atoms with E-state index in [9.17, 15) is 13.2 Å². The predicted molar refractivity (Wildman–Crippen MR) is 59.6 cm³/mol. The molecule has 1 aromatic carbocycles. The van der Waals surface area contributed by atoms with E-state index < -0.39 is 6.36 Å². The fraction of sp³-hybridized carbons (Fsp3) is 0.417. The topological polar surface area (TPSA) is 45.0 Å². The minimum absolute atomic E-state index is 0.194. The van der Waals surface area contributed by atoms with E-state index in [0.29, 0.717) is 12.1 Å². The number of alkyl halides is 3. The average molecular weight is 258 g/mol. The molecule has 0 fully saturated rings. The lowest BCUT2D eigenvalue weighted by atomic mass is 10.2. The molecule has 0 saturated heterocycles. The third-order valence-electron chi connectivity index (χ3n) is 2.18. The van der Waals surface area contributed by atoms with Crippen LogP contribution in [0.15, 0.2) is 24.3 Å². The molecule has 0 radical (unpaired) electrons. The van der Waals surface area contributed by atoms with Crippen LogP contribution in [0.25, 0.3) is 0 Å². The molecule has 0 heterocycles. The van der Waals surface area contributed by atoms with Crippen molar-refractivity contribution in [2.75, 3.05) is 6.54 Å². The second kappa shape index (κ2) is 6.26. The van der Waals surface area contributed by atoms with Gasteiger partial charge in [-0.25, -0.2) is 0 Å². The summed E-state index contributed by atoms with van der Waals surface area (Å²) in [4.78, 5) is 0. The highest BCUT2D eigenvalue weighted by Crippen LogP contribution is 2.25. The van der Waals surface area contributed by atoms with Crippen LogP contribution in [-0.4, -0.2) is 12.9 Å². The first-order valence-corrected chi connectivity index (χ1v) is 5.36.